The zero-order chi connectivity index (χ0) is 17.4. The molecule has 128 valence electrons. The van der Waals surface area contributed by atoms with E-state index >= 15 is 0 Å². The molecule has 0 aliphatic carbocycles. The topological polar surface area (TPSA) is 104 Å². The average molecular weight is 357 g/mol. The lowest BCUT2D eigenvalue weighted by atomic mass is 10.1. The maximum Gasteiger partial charge on any atom is 0.255 e. The average Bonchev–Trinajstić information content (AvgIpc) is 3.01. The van der Waals surface area contributed by atoms with Gasteiger partial charge in [-0.2, -0.15) is 5.10 Å². The Bertz CT molecular complexity index is 962. The molecule has 7 nitrogen and oxygen atoms in total. The van der Waals surface area contributed by atoms with Gasteiger partial charge in [0.2, 0.25) is 0 Å². The second kappa shape index (κ2) is 6.34. The standard InChI is InChI=1S/C17H17ClN6O/c18-13-7-20-23-15(13)9-24-6-5-14-12(8-24)17(25)22-16(21-14)10-1-3-11(19)4-2-10/h1-4,7H,5-6,8-9,19H2,(H,20,23)(H,21,22,25). The number of nitrogens with zero attached hydrogens (tertiary/aromatic N) is 3. The highest BCUT2D eigenvalue weighted by atomic mass is 35.5. The zero-order valence-corrected chi connectivity index (χ0v) is 14.2. The van der Waals surface area contributed by atoms with Crippen molar-refractivity contribution in [3.05, 3.63) is 62.8 Å². The molecule has 1 aliphatic rings. The van der Waals surface area contributed by atoms with E-state index in [1.54, 1.807) is 18.3 Å². The quantitative estimate of drug-likeness (QED) is 0.622. The SMILES string of the molecule is Nc1ccc(-c2nc3c(c(=O)[nH]2)CN(Cc2[nH]ncc2Cl)CC3)cc1. The van der Waals surface area contributed by atoms with Crippen LogP contribution in [0.5, 0.6) is 0 Å². The number of nitrogens with two attached hydrogens (primary N) is 1. The number of aromatic nitrogens is 4. The number of benzene rings is 1. The molecular weight excluding hydrogens is 340 g/mol. The predicted molar refractivity (Wildman–Crippen MR) is 96.1 cm³/mol. The Morgan fingerprint density at radius 1 is 1.28 bits per heavy atom. The van der Waals surface area contributed by atoms with Crippen LogP contribution in [0.15, 0.2) is 35.3 Å². The van der Waals surface area contributed by atoms with Crippen molar-refractivity contribution in [3.63, 3.8) is 0 Å². The van der Waals surface area contributed by atoms with Gasteiger partial charge in [-0.3, -0.25) is 14.8 Å². The number of rotatable bonds is 3. The largest absolute Gasteiger partial charge is 0.399 e. The molecule has 0 fully saturated rings. The van der Waals surface area contributed by atoms with Gasteiger partial charge in [-0.15, -0.1) is 0 Å². The van der Waals surface area contributed by atoms with Gasteiger partial charge in [-0.25, -0.2) is 4.98 Å². The fraction of sp³-hybridized carbons (Fsp3) is 0.235. The van der Waals surface area contributed by atoms with Crippen LogP contribution < -0.4 is 11.3 Å². The lowest BCUT2D eigenvalue weighted by Crippen LogP contribution is -2.35. The van der Waals surface area contributed by atoms with E-state index in [4.69, 9.17) is 17.3 Å². The van der Waals surface area contributed by atoms with Gasteiger partial charge in [0.1, 0.15) is 5.82 Å². The Kier molecular flexibility index (Phi) is 4.03. The van der Waals surface area contributed by atoms with E-state index in [9.17, 15) is 4.79 Å². The Labute approximate surface area is 148 Å². The highest BCUT2D eigenvalue weighted by Gasteiger charge is 2.22. The van der Waals surface area contributed by atoms with Crippen molar-refractivity contribution in [2.24, 2.45) is 0 Å². The van der Waals surface area contributed by atoms with Crippen LogP contribution >= 0.6 is 11.6 Å². The summed E-state index contributed by atoms with van der Waals surface area (Å²) >= 11 is 6.08. The molecule has 0 amide bonds. The number of aromatic amines is 2. The third-order valence-electron chi connectivity index (χ3n) is 4.38. The zero-order valence-electron chi connectivity index (χ0n) is 13.4. The number of nitrogen functional groups attached to an aromatic ring is 1. The van der Waals surface area contributed by atoms with Crippen LogP contribution in [0.4, 0.5) is 5.69 Å². The fourth-order valence-electron chi connectivity index (χ4n) is 3.03. The second-order valence-corrected chi connectivity index (χ2v) is 6.53. The summed E-state index contributed by atoms with van der Waals surface area (Å²) in [5.74, 6) is 0.578. The second-order valence-electron chi connectivity index (χ2n) is 6.12. The molecule has 4 N–H and O–H groups in total. The lowest BCUT2D eigenvalue weighted by Gasteiger charge is -2.27. The lowest BCUT2D eigenvalue weighted by molar-refractivity contribution is 0.239. The summed E-state index contributed by atoms with van der Waals surface area (Å²) in [7, 11) is 0. The van der Waals surface area contributed by atoms with E-state index < -0.39 is 0 Å². The molecule has 25 heavy (non-hydrogen) atoms. The normalized spacial score (nSPS) is 14.4. The van der Waals surface area contributed by atoms with Crippen LogP contribution in [0, 0.1) is 0 Å². The van der Waals surface area contributed by atoms with Crippen molar-refractivity contribution in [2.45, 2.75) is 19.5 Å². The summed E-state index contributed by atoms with van der Waals surface area (Å²) in [6, 6.07) is 7.31. The summed E-state index contributed by atoms with van der Waals surface area (Å²) in [6.45, 7) is 1.96. The molecule has 4 rings (SSSR count). The van der Waals surface area contributed by atoms with E-state index in [0.717, 1.165) is 23.5 Å². The number of halogens is 1. The van der Waals surface area contributed by atoms with E-state index in [2.05, 4.69) is 25.1 Å². The molecule has 0 bridgehead atoms. The third kappa shape index (κ3) is 3.16. The van der Waals surface area contributed by atoms with Gasteiger partial charge < -0.3 is 10.7 Å². The van der Waals surface area contributed by atoms with Gasteiger partial charge in [0, 0.05) is 37.3 Å². The first kappa shape index (κ1) is 15.9. The minimum Gasteiger partial charge on any atom is -0.399 e. The minimum absolute atomic E-state index is 0.0998. The molecule has 1 aromatic carbocycles. The van der Waals surface area contributed by atoms with Crippen molar-refractivity contribution in [1.82, 2.24) is 25.1 Å². The van der Waals surface area contributed by atoms with Gasteiger partial charge in [0.25, 0.3) is 5.56 Å². The number of nitrogens with one attached hydrogen (secondary N) is 2. The number of hydrogen-bond acceptors (Lipinski definition) is 5. The van der Waals surface area contributed by atoms with Crippen LogP contribution in [0.3, 0.4) is 0 Å². The van der Waals surface area contributed by atoms with Crippen molar-refractivity contribution >= 4 is 17.3 Å². The van der Waals surface area contributed by atoms with Gasteiger partial charge >= 0.3 is 0 Å². The number of hydrogen-bond donors (Lipinski definition) is 3. The van der Waals surface area contributed by atoms with E-state index in [1.165, 1.54) is 0 Å². The molecule has 0 unspecified atom stereocenters. The van der Waals surface area contributed by atoms with Crippen molar-refractivity contribution in [1.29, 1.82) is 0 Å². The van der Waals surface area contributed by atoms with E-state index in [1.807, 2.05) is 12.1 Å². The van der Waals surface area contributed by atoms with Crippen LogP contribution in [-0.4, -0.2) is 31.6 Å². The summed E-state index contributed by atoms with van der Waals surface area (Å²) in [6.07, 6.45) is 2.30. The number of H-pyrrole nitrogens is 2. The predicted octanol–water partition coefficient (Wildman–Crippen LogP) is 1.95. The van der Waals surface area contributed by atoms with Crippen LogP contribution in [0.2, 0.25) is 5.02 Å². The summed E-state index contributed by atoms with van der Waals surface area (Å²) < 4.78 is 0. The first-order valence-corrected chi connectivity index (χ1v) is 8.36. The van der Waals surface area contributed by atoms with Crippen molar-refractivity contribution < 1.29 is 0 Å². The molecular formula is C17H17ClN6O. The van der Waals surface area contributed by atoms with Crippen LogP contribution in [0.25, 0.3) is 11.4 Å². The first-order valence-electron chi connectivity index (χ1n) is 7.98. The monoisotopic (exact) mass is 356 g/mol. The molecule has 3 aromatic rings. The summed E-state index contributed by atoms with van der Waals surface area (Å²) in [5, 5.41) is 7.43. The van der Waals surface area contributed by atoms with Crippen molar-refractivity contribution in [3.8, 4) is 11.4 Å². The van der Waals surface area contributed by atoms with Crippen LogP contribution in [0.1, 0.15) is 17.0 Å². The van der Waals surface area contributed by atoms with E-state index in [-0.39, 0.29) is 5.56 Å². The highest BCUT2D eigenvalue weighted by molar-refractivity contribution is 6.31. The molecule has 3 heterocycles. The molecule has 0 spiro atoms. The van der Waals surface area contributed by atoms with Gasteiger partial charge in [-0.1, -0.05) is 11.6 Å². The molecule has 0 radical (unpaired) electrons. The minimum atomic E-state index is -0.0998. The smallest absolute Gasteiger partial charge is 0.255 e. The highest BCUT2D eigenvalue weighted by Crippen LogP contribution is 2.21. The maximum atomic E-state index is 12.5. The van der Waals surface area contributed by atoms with Gasteiger partial charge in [0.15, 0.2) is 0 Å². The Balaban J connectivity index is 1.60. The van der Waals surface area contributed by atoms with E-state index in [0.29, 0.717) is 41.6 Å². The Morgan fingerprint density at radius 2 is 2.08 bits per heavy atom. The van der Waals surface area contributed by atoms with Gasteiger partial charge in [0.05, 0.1) is 28.2 Å². The van der Waals surface area contributed by atoms with Crippen LogP contribution in [-0.2, 0) is 19.5 Å². The molecule has 2 aromatic heterocycles. The molecule has 1 aliphatic heterocycles. The first-order chi connectivity index (χ1) is 12.1. The maximum absolute atomic E-state index is 12.5. The number of anilines is 1. The molecule has 0 atom stereocenters. The summed E-state index contributed by atoms with van der Waals surface area (Å²) in [5.41, 5.74) is 9.55. The number of fused-ring (bicyclic) bond motifs is 1. The Hall–Kier alpha value is -2.64. The third-order valence-corrected chi connectivity index (χ3v) is 4.70. The Morgan fingerprint density at radius 3 is 2.80 bits per heavy atom. The molecule has 0 saturated heterocycles. The summed E-state index contributed by atoms with van der Waals surface area (Å²) in [4.78, 5) is 22.2. The van der Waals surface area contributed by atoms with Gasteiger partial charge in [-0.05, 0) is 24.3 Å². The molecule has 0 saturated carbocycles. The molecule has 8 heteroatoms. The fourth-order valence-corrected chi connectivity index (χ4v) is 3.18. The van der Waals surface area contributed by atoms with Crippen molar-refractivity contribution in [2.75, 3.05) is 12.3 Å².